The van der Waals surface area contributed by atoms with Crippen molar-refractivity contribution < 1.29 is 27.4 Å². The Kier molecular flexibility index (Phi) is 6.39. The molecular formula is C23H20F3NO4. The molecule has 0 aliphatic rings. The van der Waals surface area contributed by atoms with E-state index in [1.165, 1.54) is 42.0 Å². The van der Waals surface area contributed by atoms with Gasteiger partial charge in [0.15, 0.2) is 11.5 Å². The summed E-state index contributed by atoms with van der Waals surface area (Å²) in [5.74, 6) is 0.667. The zero-order valence-electron chi connectivity index (χ0n) is 16.9. The summed E-state index contributed by atoms with van der Waals surface area (Å²) in [5.41, 5.74) is 2.26. The van der Waals surface area contributed by atoms with Gasteiger partial charge in [0.2, 0.25) is 0 Å². The highest BCUT2D eigenvalue weighted by Crippen LogP contribution is 2.30. The Bertz CT molecular complexity index is 1130. The fourth-order valence-electron chi connectivity index (χ4n) is 2.85. The fourth-order valence-corrected chi connectivity index (χ4v) is 2.85. The lowest BCUT2D eigenvalue weighted by atomic mass is 10.1. The minimum Gasteiger partial charge on any atom is -0.493 e. The lowest BCUT2D eigenvalue weighted by molar-refractivity contribution is -0.274. The highest BCUT2D eigenvalue weighted by atomic mass is 19.4. The van der Waals surface area contributed by atoms with Crippen LogP contribution in [-0.4, -0.2) is 24.6 Å². The van der Waals surface area contributed by atoms with Crippen LogP contribution >= 0.6 is 0 Å². The lowest BCUT2D eigenvalue weighted by Crippen LogP contribution is -2.17. The van der Waals surface area contributed by atoms with Crippen molar-refractivity contribution in [3.63, 3.8) is 0 Å². The Labute approximate surface area is 176 Å². The second-order valence-electron chi connectivity index (χ2n) is 6.78. The molecule has 2 aromatic carbocycles. The van der Waals surface area contributed by atoms with E-state index in [1.54, 1.807) is 30.5 Å². The summed E-state index contributed by atoms with van der Waals surface area (Å²) in [6.45, 7) is 5.98. The van der Waals surface area contributed by atoms with Crippen LogP contribution in [0.15, 0.2) is 77.7 Å². The monoisotopic (exact) mass is 433 g/mol. The summed E-state index contributed by atoms with van der Waals surface area (Å²) in [4.78, 5) is 12.7. The third kappa shape index (κ3) is 5.69. The minimum atomic E-state index is -4.76. The summed E-state index contributed by atoms with van der Waals surface area (Å²) >= 11 is 0. The minimum absolute atomic E-state index is 0.314. The van der Waals surface area contributed by atoms with Gasteiger partial charge in [0.25, 0.3) is 5.56 Å². The van der Waals surface area contributed by atoms with Crippen molar-refractivity contribution in [3.05, 3.63) is 83.3 Å². The summed E-state index contributed by atoms with van der Waals surface area (Å²) < 4.78 is 53.2. The molecule has 0 aliphatic heterocycles. The second-order valence-corrected chi connectivity index (χ2v) is 6.78. The van der Waals surface area contributed by atoms with E-state index in [4.69, 9.17) is 9.47 Å². The maximum atomic E-state index is 12.7. The van der Waals surface area contributed by atoms with E-state index in [2.05, 4.69) is 11.3 Å². The van der Waals surface area contributed by atoms with Gasteiger partial charge in [-0.1, -0.05) is 18.7 Å². The number of benzene rings is 2. The van der Waals surface area contributed by atoms with E-state index >= 15 is 0 Å². The van der Waals surface area contributed by atoms with Crippen molar-refractivity contribution >= 4 is 0 Å². The molecule has 31 heavy (non-hydrogen) atoms. The number of halogens is 3. The quantitative estimate of drug-likeness (QED) is 0.471. The molecule has 0 saturated heterocycles. The van der Waals surface area contributed by atoms with E-state index in [0.29, 0.717) is 34.9 Å². The van der Waals surface area contributed by atoms with E-state index in [1.807, 2.05) is 6.92 Å². The lowest BCUT2D eigenvalue weighted by Gasteiger charge is -2.13. The molecule has 5 nitrogen and oxygen atoms in total. The van der Waals surface area contributed by atoms with Crippen molar-refractivity contribution in [1.82, 2.24) is 4.57 Å². The normalized spacial score (nSPS) is 11.1. The van der Waals surface area contributed by atoms with Crippen molar-refractivity contribution in [2.75, 3.05) is 13.7 Å². The average Bonchev–Trinajstić information content (AvgIpc) is 2.71. The molecule has 3 aromatic rings. The number of ether oxygens (including phenoxy) is 3. The molecule has 3 rings (SSSR count). The molecule has 1 heterocycles. The Morgan fingerprint density at radius 3 is 2.35 bits per heavy atom. The van der Waals surface area contributed by atoms with Gasteiger partial charge in [0, 0.05) is 18.3 Å². The van der Waals surface area contributed by atoms with Gasteiger partial charge >= 0.3 is 6.36 Å². The predicted octanol–water partition coefficient (Wildman–Crippen LogP) is 5.37. The van der Waals surface area contributed by atoms with Gasteiger partial charge in [-0.3, -0.25) is 9.36 Å². The van der Waals surface area contributed by atoms with Gasteiger partial charge in [-0.25, -0.2) is 0 Å². The van der Waals surface area contributed by atoms with Crippen molar-refractivity contribution in [2.45, 2.75) is 13.3 Å². The Hall–Kier alpha value is -3.68. The fraction of sp³-hybridized carbons (Fsp3) is 0.174. The van der Waals surface area contributed by atoms with E-state index in [0.717, 1.165) is 5.57 Å². The number of nitrogens with zero attached hydrogens (tertiary/aromatic N) is 1. The Balaban J connectivity index is 1.85. The Morgan fingerprint density at radius 2 is 1.77 bits per heavy atom. The SMILES string of the molecule is C=C(C)COc1ccc(-n2ccc(-c3ccc(OC(F)(F)F)cc3)c[14c]2=O)cc1OC. The van der Waals surface area contributed by atoms with Crippen LogP contribution < -0.4 is 19.8 Å². The first-order valence-corrected chi connectivity index (χ1v) is 9.21. The molecule has 0 unspecified atom stereocenters. The third-order valence-electron chi connectivity index (χ3n) is 4.24. The first-order chi connectivity index (χ1) is 14.7. The van der Waals surface area contributed by atoms with Crippen LogP contribution in [0.3, 0.4) is 0 Å². The topological polar surface area (TPSA) is 49.7 Å². The summed E-state index contributed by atoms with van der Waals surface area (Å²) in [7, 11) is 1.50. The maximum absolute atomic E-state index is 12.7. The molecular weight excluding hydrogens is 413 g/mol. The van der Waals surface area contributed by atoms with Gasteiger partial charge in [0.1, 0.15) is 12.4 Å². The van der Waals surface area contributed by atoms with Crippen LogP contribution in [-0.2, 0) is 0 Å². The first kappa shape index (κ1) is 22.0. The van der Waals surface area contributed by atoms with Crippen LogP contribution in [0.1, 0.15) is 6.92 Å². The van der Waals surface area contributed by atoms with Crippen molar-refractivity contribution in [1.29, 1.82) is 0 Å². The van der Waals surface area contributed by atoms with Gasteiger partial charge in [-0.05, 0) is 54.0 Å². The predicted molar refractivity (Wildman–Crippen MR) is 111 cm³/mol. The highest BCUT2D eigenvalue weighted by Gasteiger charge is 2.30. The molecule has 0 spiro atoms. The number of pyridine rings is 1. The number of aromatic nitrogens is 1. The molecule has 0 atom stereocenters. The van der Waals surface area contributed by atoms with Crippen molar-refractivity contribution in [3.8, 4) is 34.1 Å². The smallest absolute Gasteiger partial charge is 0.493 e. The van der Waals surface area contributed by atoms with Gasteiger partial charge in [0.05, 0.1) is 12.8 Å². The molecule has 0 saturated carbocycles. The number of hydrogen-bond donors (Lipinski definition) is 0. The zero-order valence-corrected chi connectivity index (χ0v) is 16.9. The molecule has 0 aliphatic carbocycles. The first-order valence-electron chi connectivity index (χ1n) is 9.21. The zero-order chi connectivity index (χ0) is 22.6. The van der Waals surface area contributed by atoms with E-state index < -0.39 is 6.36 Å². The maximum Gasteiger partial charge on any atom is 0.573 e. The summed E-state index contributed by atoms with van der Waals surface area (Å²) in [5, 5.41) is 0. The number of alkyl halides is 3. The highest BCUT2D eigenvalue weighted by molar-refractivity contribution is 5.64. The molecule has 0 fully saturated rings. The molecule has 8 heteroatoms. The van der Waals surface area contributed by atoms with Gasteiger partial charge < -0.3 is 14.2 Å². The second kappa shape index (κ2) is 8.99. The largest absolute Gasteiger partial charge is 0.573 e. The molecule has 1 aromatic heterocycles. The van der Waals surface area contributed by atoms with Crippen LogP contribution in [0.4, 0.5) is 13.2 Å². The van der Waals surface area contributed by atoms with Crippen LogP contribution in [0.25, 0.3) is 16.8 Å². The number of hydrogen-bond acceptors (Lipinski definition) is 4. The summed E-state index contributed by atoms with van der Waals surface area (Å²) in [6.07, 6.45) is -3.17. The van der Waals surface area contributed by atoms with E-state index in [-0.39, 0.29) is 11.3 Å². The van der Waals surface area contributed by atoms with Crippen LogP contribution in [0, 0.1) is 0 Å². The van der Waals surface area contributed by atoms with E-state index in [9.17, 15) is 18.0 Å². The number of rotatable bonds is 7. The van der Waals surface area contributed by atoms with Crippen LogP contribution in [0.2, 0.25) is 0 Å². The standard InChI is InChI=1S/C23H20F3NO4/c1-15(2)14-30-20-9-6-18(13-21(20)29-3)27-11-10-17(12-22(27)28)16-4-7-19(8-5-16)31-23(24,25)26/h4-13H,1,14H2,2-3H3/i22+2. The molecule has 0 bridgehead atoms. The summed E-state index contributed by atoms with van der Waals surface area (Å²) in [6, 6.07) is 13.5. The van der Waals surface area contributed by atoms with Gasteiger partial charge in [-0.2, -0.15) is 0 Å². The molecule has 0 radical (unpaired) electrons. The van der Waals surface area contributed by atoms with Gasteiger partial charge in [-0.15, -0.1) is 13.2 Å². The number of methoxy groups -OCH3 is 1. The molecule has 162 valence electrons. The Morgan fingerprint density at radius 1 is 1.06 bits per heavy atom. The van der Waals surface area contributed by atoms with Crippen molar-refractivity contribution in [2.24, 2.45) is 0 Å². The average molecular weight is 433 g/mol. The third-order valence-corrected chi connectivity index (χ3v) is 4.24. The molecule has 0 N–H and O–H groups in total. The molecule has 0 amide bonds. The van der Waals surface area contributed by atoms with Crippen LogP contribution in [0.5, 0.6) is 17.2 Å².